The lowest BCUT2D eigenvalue weighted by Crippen LogP contribution is -2.65. The molecular formula is C30H39ClSi. The summed E-state index contributed by atoms with van der Waals surface area (Å²) in [5, 5.41) is 4.18. The van der Waals surface area contributed by atoms with E-state index in [4.69, 9.17) is 11.1 Å². The summed E-state index contributed by atoms with van der Waals surface area (Å²) in [4.78, 5) is 0. The number of rotatable bonds is 12. The fraction of sp³-hybridized carbons (Fsp3) is 0.400. The fourth-order valence-electron chi connectivity index (χ4n) is 4.76. The van der Waals surface area contributed by atoms with Crippen molar-refractivity contribution in [2.45, 2.75) is 78.6 Å². The number of benzene rings is 3. The highest BCUT2D eigenvalue weighted by Gasteiger charge is 2.42. The molecule has 0 saturated carbocycles. The van der Waals surface area contributed by atoms with Gasteiger partial charge in [0.25, 0.3) is 0 Å². The van der Waals surface area contributed by atoms with Crippen LogP contribution in [0.1, 0.15) is 76.0 Å². The molecule has 0 unspecified atom stereocenters. The van der Waals surface area contributed by atoms with Gasteiger partial charge >= 0.3 is 0 Å². The largest absolute Gasteiger partial charge is 0.248 e. The minimum absolute atomic E-state index is 1.10. The maximum atomic E-state index is 8.11. The Labute approximate surface area is 201 Å². The van der Waals surface area contributed by atoms with E-state index < -0.39 is 7.38 Å². The molecule has 0 N–H and O–H groups in total. The van der Waals surface area contributed by atoms with Crippen LogP contribution in [-0.2, 0) is 19.3 Å². The van der Waals surface area contributed by atoms with Crippen LogP contribution in [0.2, 0.25) is 0 Å². The second-order valence-electron chi connectivity index (χ2n) is 8.94. The van der Waals surface area contributed by atoms with Gasteiger partial charge in [0.15, 0.2) is 0 Å². The maximum absolute atomic E-state index is 8.11. The summed E-state index contributed by atoms with van der Waals surface area (Å²) in [7, 11) is -2.69. The highest BCUT2D eigenvalue weighted by atomic mass is 35.6. The first-order chi connectivity index (χ1) is 15.7. The summed E-state index contributed by atoms with van der Waals surface area (Å²) in [6.07, 6.45) is 10.5. The van der Waals surface area contributed by atoms with Crippen LogP contribution in [0.15, 0.2) is 72.8 Å². The van der Waals surface area contributed by atoms with E-state index in [9.17, 15) is 0 Å². The van der Waals surface area contributed by atoms with Gasteiger partial charge < -0.3 is 0 Å². The molecule has 0 amide bonds. The summed E-state index contributed by atoms with van der Waals surface area (Å²) >= 11 is 8.11. The Morgan fingerprint density at radius 3 is 1.06 bits per heavy atom. The summed E-state index contributed by atoms with van der Waals surface area (Å²) in [5.74, 6) is 0. The van der Waals surface area contributed by atoms with Crippen molar-refractivity contribution < 1.29 is 0 Å². The van der Waals surface area contributed by atoms with E-state index in [1.54, 1.807) is 0 Å². The first kappa shape index (κ1) is 24.8. The average Bonchev–Trinajstić information content (AvgIpc) is 2.85. The van der Waals surface area contributed by atoms with Gasteiger partial charge in [0.1, 0.15) is 0 Å². The molecule has 0 radical (unpaired) electrons. The van der Waals surface area contributed by atoms with Crippen LogP contribution in [0.4, 0.5) is 0 Å². The molecule has 0 spiro atoms. The zero-order valence-corrected chi connectivity index (χ0v) is 21.9. The SMILES string of the molecule is CCCCc1ccccc1[Si](Cl)(c1ccccc1CCCC)c1ccccc1CCCC. The smallest absolute Gasteiger partial charge is 0.149 e. The summed E-state index contributed by atoms with van der Waals surface area (Å²) < 4.78 is 0. The van der Waals surface area contributed by atoms with Crippen molar-refractivity contribution in [3.63, 3.8) is 0 Å². The van der Waals surface area contributed by atoms with Crippen molar-refractivity contribution >= 4 is 34.0 Å². The van der Waals surface area contributed by atoms with Gasteiger partial charge in [-0.1, -0.05) is 113 Å². The molecule has 2 heteroatoms. The molecule has 0 aromatic heterocycles. The molecule has 0 atom stereocenters. The fourth-order valence-corrected chi connectivity index (χ4v) is 10.2. The molecular weight excluding hydrogens is 424 g/mol. The Morgan fingerprint density at radius 1 is 0.500 bits per heavy atom. The Morgan fingerprint density at radius 2 is 0.781 bits per heavy atom. The zero-order chi connectivity index (χ0) is 22.8. The van der Waals surface area contributed by atoms with E-state index in [0.29, 0.717) is 0 Å². The molecule has 0 aliphatic heterocycles. The quantitative estimate of drug-likeness (QED) is 0.155. The van der Waals surface area contributed by atoms with E-state index >= 15 is 0 Å². The van der Waals surface area contributed by atoms with Crippen molar-refractivity contribution in [2.75, 3.05) is 0 Å². The molecule has 0 bridgehead atoms. The van der Waals surface area contributed by atoms with Gasteiger partial charge in [-0.3, -0.25) is 0 Å². The minimum atomic E-state index is -2.69. The predicted octanol–water partition coefficient (Wildman–Crippen LogP) is 6.92. The molecule has 170 valence electrons. The highest BCUT2D eigenvalue weighted by molar-refractivity contribution is 7.40. The van der Waals surface area contributed by atoms with Gasteiger partial charge in [0.05, 0.1) is 0 Å². The van der Waals surface area contributed by atoms with E-state index in [2.05, 4.69) is 93.6 Å². The Kier molecular flexibility index (Phi) is 9.63. The van der Waals surface area contributed by atoms with Gasteiger partial charge in [0.2, 0.25) is 7.38 Å². The maximum Gasteiger partial charge on any atom is 0.248 e. The van der Waals surface area contributed by atoms with Gasteiger partial charge in [-0.25, -0.2) is 0 Å². The third kappa shape index (κ3) is 5.56. The average molecular weight is 463 g/mol. The Hall–Kier alpha value is -1.83. The molecule has 3 aromatic rings. The van der Waals surface area contributed by atoms with E-state index in [0.717, 1.165) is 19.3 Å². The van der Waals surface area contributed by atoms with Gasteiger partial charge in [-0.2, -0.15) is 0 Å². The first-order valence-electron chi connectivity index (χ1n) is 12.6. The number of unbranched alkanes of at least 4 members (excludes halogenated alkanes) is 3. The predicted molar refractivity (Wildman–Crippen MR) is 146 cm³/mol. The van der Waals surface area contributed by atoms with Gasteiger partial charge in [-0.15, -0.1) is 11.1 Å². The van der Waals surface area contributed by atoms with Gasteiger partial charge in [0, 0.05) is 0 Å². The lowest BCUT2D eigenvalue weighted by molar-refractivity contribution is 0.795. The van der Waals surface area contributed by atoms with Crippen LogP contribution in [0.3, 0.4) is 0 Å². The van der Waals surface area contributed by atoms with Crippen LogP contribution in [-0.4, -0.2) is 7.38 Å². The lowest BCUT2D eigenvalue weighted by Gasteiger charge is -2.32. The molecule has 3 aromatic carbocycles. The minimum Gasteiger partial charge on any atom is -0.149 e. The number of hydrogen-bond donors (Lipinski definition) is 0. The molecule has 3 rings (SSSR count). The van der Waals surface area contributed by atoms with E-state index in [1.165, 1.54) is 70.8 Å². The van der Waals surface area contributed by atoms with Crippen molar-refractivity contribution in [3.8, 4) is 0 Å². The van der Waals surface area contributed by atoms with Crippen LogP contribution < -0.4 is 15.6 Å². The molecule has 0 aliphatic carbocycles. The molecule has 0 fully saturated rings. The van der Waals surface area contributed by atoms with Crippen molar-refractivity contribution in [2.24, 2.45) is 0 Å². The number of aryl methyl sites for hydroxylation is 3. The van der Waals surface area contributed by atoms with Crippen LogP contribution >= 0.6 is 11.1 Å². The summed E-state index contributed by atoms with van der Waals surface area (Å²) in [6, 6.07) is 27.1. The second kappa shape index (κ2) is 12.4. The standard InChI is InChI=1S/C30H39ClSi/c1-4-7-16-25-19-10-13-22-28(25)32(31,29-23-14-11-20-26(29)17-8-5-2)30-24-15-12-21-27(30)18-9-6-3/h10-15,19-24H,4-9,16-18H2,1-3H3. The first-order valence-corrected chi connectivity index (χ1v) is 15.6. The normalized spacial score (nSPS) is 11.6. The number of halogens is 1. The third-order valence-electron chi connectivity index (χ3n) is 6.56. The molecule has 0 saturated heterocycles. The monoisotopic (exact) mass is 462 g/mol. The Balaban J connectivity index is 2.28. The Bertz CT molecular complexity index is 853. The molecule has 0 heterocycles. The van der Waals surface area contributed by atoms with Gasteiger partial charge in [-0.05, 0) is 70.8 Å². The van der Waals surface area contributed by atoms with Crippen molar-refractivity contribution in [1.82, 2.24) is 0 Å². The van der Waals surface area contributed by atoms with E-state index in [1.807, 2.05) is 0 Å². The van der Waals surface area contributed by atoms with Crippen LogP contribution in [0.25, 0.3) is 0 Å². The van der Waals surface area contributed by atoms with Crippen LogP contribution in [0, 0.1) is 0 Å². The van der Waals surface area contributed by atoms with Crippen molar-refractivity contribution in [3.05, 3.63) is 89.5 Å². The molecule has 32 heavy (non-hydrogen) atoms. The molecule has 0 nitrogen and oxygen atoms in total. The lowest BCUT2D eigenvalue weighted by atomic mass is 10.1. The second-order valence-corrected chi connectivity index (χ2v) is 13.6. The topological polar surface area (TPSA) is 0 Å². The summed E-state index contributed by atoms with van der Waals surface area (Å²) in [5.41, 5.74) is 4.31. The zero-order valence-electron chi connectivity index (χ0n) is 20.2. The summed E-state index contributed by atoms with van der Waals surface area (Å²) in [6.45, 7) is 6.82. The third-order valence-corrected chi connectivity index (χ3v) is 12.1. The van der Waals surface area contributed by atoms with E-state index in [-0.39, 0.29) is 0 Å². The van der Waals surface area contributed by atoms with Crippen molar-refractivity contribution in [1.29, 1.82) is 0 Å². The number of hydrogen-bond acceptors (Lipinski definition) is 0. The molecule has 0 aliphatic rings. The highest BCUT2D eigenvalue weighted by Crippen LogP contribution is 2.21. The van der Waals surface area contributed by atoms with Crippen LogP contribution in [0.5, 0.6) is 0 Å².